The van der Waals surface area contributed by atoms with E-state index in [-0.39, 0.29) is 5.91 Å². The molecule has 1 aliphatic rings. The Hall–Kier alpha value is -1.35. The van der Waals surface area contributed by atoms with Crippen LogP contribution in [0.15, 0.2) is 12.1 Å². The number of hydrogen-bond donors (Lipinski definition) is 2. The van der Waals surface area contributed by atoms with Crippen molar-refractivity contribution in [3.8, 4) is 0 Å². The molecule has 0 bridgehead atoms. The van der Waals surface area contributed by atoms with Gasteiger partial charge in [-0.15, -0.1) is 0 Å². The Kier molecular flexibility index (Phi) is 4.59. The van der Waals surface area contributed by atoms with Crippen LogP contribution in [0.25, 0.3) is 0 Å². The molecule has 2 N–H and O–H groups in total. The van der Waals surface area contributed by atoms with Gasteiger partial charge >= 0.3 is 0 Å². The number of amides is 1. The zero-order chi connectivity index (χ0) is 13.8. The Balaban J connectivity index is 1.96. The van der Waals surface area contributed by atoms with Crippen molar-refractivity contribution < 1.29 is 4.79 Å². The normalized spacial score (nSPS) is 19.2. The lowest BCUT2D eigenvalue weighted by Gasteiger charge is -2.22. The highest BCUT2D eigenvalue weighted by molar-refractivity contribution is 5.91. The van der Waals surface area contributed by atoms with Crippen LogP contribution in [0.1, 0.15) is 36.0 Å². The zero-order valence-corrected chi connectivity index (χ0v) is 12.2. The van der Waals surface area contributed by atoms with E-state index < -0.39 is 0 Å². The minimum absolute atomic E-state index is 0.139. The van der Waals surface area contributed by atoms with Crippen LogP contribution in [-0.4, -0.2) is 19.0 Å². The lowest BCUT2D eigenvalue weighted by molar-refractivity contribution is -0.117. The summed E-state index contributed by atoms with van der Waals surface area (Å²) in [6.45, 7) is 8.29. The molecule has 104 valence electrons. The number of hydrogen-bond acceptors (Lipinski definition) is 2. The maximum atomic E-state index is 12.1. The maximum Gasteiger partial charge on any atom is 0.224 e. The van der Waals surface area contributed by atoms with Gasteiger partial charge in [-0.3, -0.25) is 4.79 Å². The fourth-order valence-electron chi connectivity index (χ4n) is 2.66. The summed E-state index contributed by atoms with van der Waals surface area (Å²) < 4.78 is 0. The second-order valence-electron chi connectivity index (χ2n) is 5.72. The van der Waals surface area contributed by atoms with Crippen LogP contribution in [0.3, 0.4) is 0 Å². The van der Waals surface area contributed by atoms with Crippen LogP contribution in [0.2, 0.25) is 0 Å². The largest absolute Gasteiger partial charge is 0.326 e. The Morgan fingerprint density at radius 2 is 2.00 bits per heavy atom. The van der Waals surface area contributed by atoms with E-state index in [9.17, 15) is 4.79 Å². The minimum atomic E-state index is 0.139. The van der Waals surface area contributed by atoms with Gasteiger partial charge in [0.25, 0.3) is 0 Å². The summed E-state index contributed by atoms with van der Waals surface area (Å²) in [5.41, 5.74) is 4.59. The average Bonchev–Trinajstić information content (AvgIpc) is 2.37. The van der Waals surface area contributed by atoms with Gasteiger partial charge in [0.2, 0.25) is 5.91 Å². The number of aryl methyl sites for hydroxylation is 3. The summed E-state index contributed by atoms with van der Waals surface area (Å²) in [5.74, 6) is 0.626. The van der Waals surface area contributed by atoms with Gasteiger partial charge in [-0.05, 0) is 75.4 Å². The number of benzene rings is 1. The van der Waals surface area contributed by atoms with Gasteiger partial charge in [0, 0.05) is 12.1 Å². The summed E-state index contributed by atoms with van der Waals surface area (Å²) in [7, 11) is 0. The van der Waals surface area contributed by atoms with Gasteiger partial charge in [0.15, 0.2) is 0 Å². The van der Waals surface area contributed by atoms with E-state index in [2.05, 4.69) is 36.6 Å². The highest BCUT2D eigenvalue weighted by atomic mass is 16.1. The Labute approximate surface area is 115 Å². The van der Waals surface area contributed by atoms with Gasteiger partial charge in [0.05, 0.1) is 0 Å². The summed E-state index contributed by atoms with van der Waals surface area (Å²) >= 11 is 0. The third-order valence-electron chi connectivity index (χ3n) is 3.99. The zero-order valence-electron chi connectivity index (χ0n) is 12.2. The third-order valence-corrected chi connectivity index (χ3v) is 3.99. The van der Waals surface area contributed by atoms with Crippen LogP contribution < -0.4 is 10.6 Å². The van der Waals surface area contributed by atoms with E-state index in [4.69, 9.17) is 0 Å². The smallest absolute Gasteiger partial charge is 0.224 e. The SMILES string of the molecule is Cc1cc(C)c(NC(=O)CC2CCCNC2)cc1C. The van der Waals surface area contributed by atoms with Gasteiger partial charge in [0.1, 0.15) is 0 Å². The molecule has 1 atom stereocenters. The number of anilines is 1. The first kappa shape index (κ1) is 14.1. The molecule has 0 saturated carbocycles. The fourth-order valence-corrected chi connectivity index (χ4v) is 2.66. The van der Waals surface area contributed by atoms with Gasteiger partial charge in [-0.25, -0.2) is 0 Å². The number of nitrogens with one attached hydrogen (secondary N) is 2. The Bertz CT molecular complexity index is 462. The molecular formula is C16H24N2O. The van der Waals surface area contributed by atoms with E-state index in [1.54, 1.807) is 0 Å². The molecule has 2 rings (SSSR count). The number of carbonyl (C=O) groups is 1. The third kappa shape index (κ3) is 3.80. The van der Waals surface area contributed by atoms with E-state index in [0.717, 1.165) is 30.8 Å². The van der Waals surface area contributed by atoms with Crippen LogP contribution in [0.4, 0.5) is 5.69 Å². The predicted molar refractivity (Wildman–Crippen MR) is 79.5 cm³/mol. The van der Waals surface area contributed by atoms with Crippen LogP contribution >= 0.6 is 0 Å². The van der Waals surface area contributed by atoms with Gasteiger partial charge < -0.3 is 10.6 Å². The summed E-state index contributed by atoms with van der Waals surface area (Å²) in [6.07, 6.45) is 2.96. The summed E-state index contributed by atoms with van der Waals surface area (Å²) in [5, 5.41) is 6.41. The van der Waals surface area contributed by atoms with Crippen molar-refractivity contribution in [2.75, 3.05) is 18.4 Å². The first-order valence-corrected chi connectivity index (χ1v) is 7.14. The molecule has 0 spiro atoms. The molecule has 1 aromatic carbocycles. The van der Waals surface area contributed by atoms with Crippen molar-refractivity contribution in [1.29, 1.82) is 0 Å². The number of piperidine rings is 1. The number of rotatable bonds is 3. The molecule has 1 unspecified atom stereocenters. The monoisotopic (exact) mass is 260 g/mol. The Morgan fingerprint density at radius 3 is 2.68 bits per heavy atom. The molecule has 1 saturated heterocycles. The molecule has 0 aromatic heterocycles. The quantitative estimate of drug-likeness (QED) is 0.877. The second-order valence-corrected chi connectivity index (χ2v) is 5.72. The molecule has 0 aliphatic carbocycles. The molecule has 3 heteroatoms. The highest BCUT2D eigenvalue weighted by Crippen LogP contribution is 2.21. The lowest BCUT2D eigenvalue weighted by Crippen LogP contribution is -2.32. The molecular weight excluding hydrogens is 236 g/mol. The van der Waals surface area contributed by atoms with Crippen LogP contribution in [0.5, 0.6) is 0 Å². The highest BCUT2D eigenvalue weighted by Gasteiger charge is 2.17. The second kappa shape index (κ2) is 6.20. The topological polar surface area (TPSA) is 41.1 Å². The molecule has 0 radical (unpaired) electrons. The van der Waals surface area contributed by atoms with Crippen molar-refractivity contribution in [3.05, 3.63) is 28.8 Å². The maximum absolute atomic E-state index is 12.1. The molecule has 1 aromatic rings. The van der Waals surface area contributed by atoms with Crippen molar-refractivity contribution in [1.82, 2.24) is 5.32 Å². The Morgan fingerprint density at radius 1 is 1.26 bits per heavy atom. The van der Waals surface area contributed by atoms with Crippen molar-refractivity contribution in [3.63, 3.8) is 0 Å². The molecule has 19 heavy (non-hydrogen) atoms. The van der Waals surface area contributed by atoms with E-state index in [1.165, 1.54) is 17.5 Å². The van der Waals surface area contributed by atoms with E-state index in [0.29, 0.717) is 12.3 Å². The standard InChI is InChI=1S/C16H24N2O/c1-11-7-13(3)15(8-12(11)2)18-16(19)9-14-5-4-6-17-10-14/h7-8,14,17H,4-6,9-10H2,1-3H3,(H,18,19). The van der Waals surface area contributed by atoms with E-state index in [1.807, 2.05) is 6.92 Å². The summed E-state index contributed by atoms with van der Waals surface area (Å²) in [6, 6.07) is 4.20. The summed E-state index contributed by atoms with van der Waals surface area (Å²) in [4.78, 5) is 12.1. The molecule has 1 fully saturated rings. The minimum Gasteiger partial charge on any atom is -0.326 e. The first-order chi connectivity index (χ1) is 9.06. The van der Waals surface area contributed by atoms with Crippen LogP contribution in [0, 0.1) is 26.7 Å². The van der Waals surface area contributed by atoms with Gasteiger partial charge in [-0.2, -0.15) is 0 Å². The molecule has 3 nitrogen and oxygen atoms in total. The van der Waals surface area contributed by atoms with Gasteiger partial charge in [-0.1, -0.05) is 6.07 Å². The lowest BCUT2D eigenvalue weighted by atomic mass is 9.96. The fraction of sp³-hybridized carbons (Fsp3) is 0.562. The van der Waals surface area contributed by atoms with Crippen molar-refractivity contribution >= 4 is 11.6 Å². The predicted octanol–water partition coefficient (Wildman–Crippen LogP) is 2.94. The van der Waals surface area contributed by atoms with Crippen molar-refractivity contribution in [2.24, 2.45) is 5.92 Å². The molecule has 1 heterocycles. The average molecular weight is 260 g/mol. The molecule has 1 amide bonds. The van der Waals surface area contributed by atoms with Crippen LogP contribution in [-0.2, 0) is 4.79 Å². The number of carbonyl (C=O) groups excluding carboxylic acids is 1. The first-order valence-electron chi connectivity index (χ1n) is 7.14. The van der Waals surface area contributed by atoms with E-state index >= 15 is 0 Å². The molecule has 1 aliphatic heterocycles. The van der Waals surface area contributed by atoms with Crippen molar-refractivity contribution in [2.45, 2.75) is 40.0 Å².